The summed E-state index contributed by atoms with van der Waals surface area (Å²) in [6.07, 6.45) is 3.22. The van der Waals surface area contributed by atoms with Crippen molar-refractivity contribution in [2.75, 3.05) is 13.7 Å². The minimum Gasteiger partial charge on any atom is -0.392 e. The number of carbonyl (C=O) groups is 2. The van der Waals surface area contributed by atoms with Crippen molar-refractivity contribution in [3.8, 4) is 0 Å². The number of hydrogen-bond donors (Lipinski definition) is 3. The van der Waals surface area contributed by atoms with E-state index in [-0.39, 0.29) is 59.1 Å². The molecule has 0 unspecified atom stereocenters. The summed E-state index contributed by atoms with van der Waals surface area (Å²) in [5.41, 5.74) is -0.230. The molecule has 0 saturated heterocycles. The van der Waals surface area contributed by atoms with E-state index in [0.29, 0.717) is 0 Å². The van der Waals surface area contributed by atoms with Crippen molar-refractivity contribution >= 4 is 11.8 Å². The number of fused-ring (bicyclic) bond motifs is 1. The number of rotatable bonds is 5. The SMILES string of the molecule is COCC(=O)N[C@H]1CC[C@]2(C)CC[C@H]([C@H](C)C(=O)NC(C)(C)C)[C@H](O)[C@H]2[C@@H]1C. The Hall–Kier alpha value is -1.14. The van der Waals surface area contributed by atoms with Crippen LogP contribution in [0.5, 0.6) is 0 Å². The normalized spacial score (nSPS) is 36.9. The summed E-state index contributed by atoms with van der Waals surface area (Å²) in [4.78, 5) is 24.7. The van der Waals surface area contributed by atoms with Crippen LogP contribution in [0.15, 0.2) is 0 Å². The molecule has 6 nitrogen and oxygen atoms in total. The maximum absolute atomic E-state index is 12.7. The maximum atomic E-state index is 12.7. The number of carbonyl (C=O) groups excluding carboxylic acids is 2. The number of ether oxygens (including phenoxy) is 1. The van der Waals surface area contributed by atoms with Gasteiger partial charge in [-0.2, -0.15) is 0 Å². The van der Waals surface area contributed by atoms with E-state index in [2.05, 4.69) is 24.5 Å². The van der Waals surface area contributed by atoms with Crippen LogP contribution in [0.3, 0.4) is 0 Å². The van der Waals surface area contributed by atoms with Crippen LogP contribution in [0.25, 0.3) is 0 Å². The highest BCUT2D eigenvalue weighted by Gasteiger charge is 2.53. The predicted molar refractivity (Wildman–Crippen MR) is 110 cm³/mol. The average Bonchev–Trinajstić information content (AvgIpc) is 2.56. The molecule has 0 bridgehead atoms. The van der Waals surface area contributed by atoms with Crippen molar-refractivity contribution in [3.05, 3.63) is 0 Å². The molecule has 0 heterocycles. The van der Waals surface area contributed by atoms with Crippen molar-refractivity contribution in [1.29, 1.82) is 0 Å². The summed E-state index contributed by atoms with van der Waals surface area (Å²) in [7, 11) is 1.51. The second kappa shape index (κ2) is 8.70. The van der Waals surface area contributed by atoms with Crippen molar-refractivity contribution < 1.29 is 19.4 Å². The molecule has 7 atom stereocenters. The Morgan fingerprint density at radius 1 is 1.25 bits per heavy atom. The van der Waals surface area contributed by atoms with Crippen LogP contribution in [0.1, 0.15) is 67.2 Å². The van der Waals surface area contributed by atoms with E-state index in [9.17, 15) is 14.7 Å². The molecule has 2 amide bonds. The lowest BCUT2D eigenvalue weighted by Gasteiger charge is -2.56. The highest BCUT2D eigenvalue weighted by molar-refractivity contribution is 5.79. The fraction of sp³-hybridized carbons (Fsp3) is 0.909. The van der Waals surface area contributed by atoms with Gasteiger partial charge in [0.1, 0.15) is 6.61 Å². The minimum absolute atomic E-state index is 0.00793. The highest BCUT2D eigenvalue weighted by atomic mass is 16.5. The summed E-state index contributed by atoms with van der Waals surface area (Å²) in [5, 5.41) is 17.5. The lowest BCUT2D eigenvalue weighted by Crippen LogP contribution is -2.59. The minimum atomic E-state index is -0.545. The van der Waals surface area contributed by atoms with Gasteiger partial charge in [0.2, 0.25) is 11.8 Å². The first-order valence-corrected chi connectivity index (χ1v) is 10.7. The molecule has 162 valence electrons. The average molecular weight is 397 g/mol. The summed E-state index contributed by atoms with van der Waals surface area (Å²) >= 11 is 0. The van der Waals surface area contributed by atoms with Crippen LogP contribution in [-0.2, 0) is 14.3 Å². The number of amides is 2. The summed E-state index contributed by atoms with van der Waals surface area (Å²) in [5.74, 6) is -0.185. The summed E-state index contributed by atoms with van der Waals surface area (Å²) in [6.45, 7) is 12.3. The van der Waals surface area contributed by atoms with Crippen molar-refractivity contribution in [2.45, 2.75) is 84.9 Å². The fourth-order valence-corrected chi connectivity index (χ4v) is 5.55. The Labute approximate surface area is 170 Å². The zero-order valence-corrected chi connectivity index (χ0v) is 18.7. The Bertz CT molecular complexity index is 573. The lowest BCUT2D eigenvalue weighted by atomic mass is 9.51. The van der Waals surface area contributed by atoms with Crippen LogP contribution < -0.4 is 10.6 Å². The molecule has 6 heteroatoms. The largest absolute Gasteiger partial charge is 0.392 e. The third kappa shape index (κ3) is 5.07. The van der Waals surface area contributed by atoms with Crippen LogP contribution in [0, 0.1) is 29.1 Å². The molecule has 2 fully saturated rings. The molecule has 0 aliphatic heterocycles. The second-order valence-electron chi connectivity index (χ2n) is 10.4. The van der Waals surface area contributed by atoms with E-state index in [1.54, 1.807) is 0 Å². The van der Waals surface area contributed by atoms with Crippen LogP contribution in [0.4, 0.5) is 0 Å². The lowest BCUT2D eigenvalue weighted by molar-refractivity contribution is -0.145. The van der Waals surface area contributed by atoms with Crippen LogP contribution in [0.2, 0.25) is 0 Å². The van der Waals surface area contributed by atoms with E-state index in [1.807, 2.05) is 27.7 Å². The van der Waals surface area contributed by atoms with Gasteiger partial charge in [0.25, 0.3) is 0 Å². The zero-order chi connectivity index (χ0) is 21.3. The fourth-order valence-electron chi connectivity index (χ4n) is 5.55. The van der Waals surface area contributed by atoms with E-state index >= 15 is 0 Å². The topological polar surface area (TPSA) is 87.7 Å². The van der Waals surface area contributed by atoms with Gasteiger partial charge in [-0.15, -0.1) is 0 Å². The van der Waals surface area contributed by atoms with Gasteiger partial charge in [0.15, 0.2) is 0 Å². The zero-order valence-electron chi connectivity index (χ0n) is 18.7. The third-order valence-electron chi connectivity index (χ3n) is 7.06. The monoisotopic (exact) mass is 396 g/mol. The van der Waals surface area contributed by atoms with Crippen LogP contribution >= 0.6 is 0 Å². The Morgan fingerprint density at radius 3 is 2.43 bits per heavy atom. The molecule has 2 aliphatic rings. The first-order chi connectivity index (χ1) is 12.9. The number of aliphatic hydroxyl groups is 1. The van der Waals surface area contributed by atoms with Crippen LogP contribution in [-0.4, -0.2) is 48.3 Å². The van der Waals surface area contributed by atoms with Crippen molar-refractivity contribution in [2.24, 2.45) is 29.1 Å². The Morgan fingerprint density at radius 2 is 1.86 bits per heavy atom. The Balaban J connectivity index is 2.14. The van der Waals surface area contributed by atoms with E-state index in [4.69, 9.17) is 4.74 Å². The van der Waals surface area contributed by atoms with Gasteiger partial charge < -0.3 is 20.5 Å². The highest BCUT2D eigenvalue weighted by Crippen LogP contribution is 2.55. The molecule has 2 rings (SSSR count). The van der Waals surface area contributed by atoms with Crippen molar-refractivity contribution in [1.82, 2.24) is 10.6 Å². The molecular formula is C22H40N2O4. The van der Waals surface area contributed by atoms with Gasteiger partial charge in [-0.1, -0.05) is 20.8 Å². The quantitative estimate of drug-likeness (QED) is 0.666. The number of hydrogen-bond acceptors (Lipinski definition) is 4. The van der Waals surface area contributed by atoms with E-state index < -0.39 is 6.10 Å². The van der Waals surface area contributed by atoms with Crippen molar-refractivity contribution in [3.63, 3.8) is 0 Å². The number of nitrogens with one attached hydrogen (secondary N) is 2. The molecule has 2 saturated carbocycles. The smallest absolute Gasteiger partial charge is 0.246 e. The molecule has 28 heavy (non-hydrogen) atoms. The molecule has 0 aromatic heterocycles. The predicted octanol–water partition coefficient (Wildman–Crippen LogP) is 2.49. The van der Waals surface area contributed by atoms with Gasteiger partial charge in [-0.05, 0) is 69.6 Å². The Kier molecular flexibility index (Phi) is 7.19. The first-order valence-electron chi connectivity index (χ1n) is 10.7. The summed E-state index contributed by atoms with van der Waals surface area (Å²) < 4.78 is 4.94. The van der Waals surface area contributed by atoms with Gasteiger partial charge in [0, 0.05) is 24.6 Å². The molecule has 2 aliphatic carbocycles. The standard InChI is InChI=1S/C22H40N2O4/c1-13(20(27)24-21(3,4)5)15-8-10-22(6)11-9-16(23-17(25)12-28-7)14(2)18(22)19(15)26/h13-16,18-19,26H,8-12H2,1-7H3,(H,23,25)(H,24,27)/t13-,14+,15+,16-,18+,19-,22-/m0/s1. The number of aliphatic hydroxyl groups excluding tert-OH is 1. The molecule has 0 radical (unpaired) electrons. The van der Waals surface area contributed by atoms with Gasteiger partial charge >= 0.3 is 0 Å². The van der Waals surface area contributed by atoms with E-state index in [1.165, 1.54) is 7.11 Å². The third-order valence-corrected chi connectivity index (χ3v) is 7.06. The van der Waals surface area contributed by atoms with Gasteiger partial charge in [-0.3, -0.25) is 9.59 Å². The molecule has 0 aromatic carbocycles. The number of methoxy groups -OCH3 is 1. The molecule has 3 N–H and O–H groups in total. The molecule has 0 spiro atoms. The molecule has 0 aromatic rings. The van der Waals surface area contributed by atoms with Gasteiger partial charge in [0.05, 0.1) is 6.10 Å². The first kappa shape index (κ1) is 23.1. The van der Waals surface area contributed by atoms with E-state index in [0.717, 1.165) is 25.7 Å². The maximum Gasteiger partial charge on any atom is 0.246 e. The van der Waals surface area contributed by atoms with Gasteiger partial charge in [-0.25, -0.2) is 0 Å². The molecular weight excluding hydrogens is 356 g/mol. The summed E-state index contributed by atoms with van der Waals surface area (Å²) in [6, 6.07) is 0.0350. The second-order valence-corrected chi connectivity index (χ2v) is 10.4.